The molecular formula is C23H19N3O4S. The number of furan rings is 1. The van der Waals surface area contributed by atoms with E-state index < -0.39 is 4.92 Å². The minimum atomic E-state index is -0.430. The SMILES string of the molecule is CCc1ccccc1N=C1NC(=O)/C(=C\c2ccc(-c3ccc(C)cc3[N+](=O)[O-])o2)S1. The fraction of sp³-hybridized carbons (Fsp3) is 0.130. The van der Waals surface area contributed by atoms with Gasteiger partial charge in [0.25, 0.3) is 11.6 Å². The van der Waals surface area contributed by atoms with Gasteiger partial charge in [-0.15, -0.1) is 0 Å². The van der Waals surface area contributed by atoms with E-state index in [4.69, 9.17) is 4.42 Å². The third kappa shape index (κ3) is 4.44. The third-order valence-corrected chi connectivity index (χ3v) is 5.67. The van der Waals surface area contributed by atoms with E-state index in [1.807, 2.05) is 24.3 Å². The molecule has 0 atom stereocenters. The summed E-state index contributed by atoms with van der Waals surface area (Å²) in [5.74, 6) is 0.530. The molecule has 1 amide bonds. The van der Waals surface area contributed by atoms with Crippen molar-refractivity contribution < 1.29 is 14.1 Å². The standard InChI is InChI=1S/C23H19N3O4S/c1-3-15-6-4-5-7-18(15)24-23-25-22(27)21(31-23)13-16-9-11-20(30-16)17-10-8-14(2)12-19(17)26(28)29/h4-13H,3H2,1-2H3,(H,24,25,27)/b21-13+. The summed E-state index contributed by atoms with van der Waals surface area (Å²) in [6.45, 7) is 3.85. The second-order valence-electron chi connectivity index (χ2n) is 6.94. The number of aryl methyl sites for hydroxylation is 2. The van der Waals surface area contributed by atoms with Crippen molar-refractivity contribution >= 4 is 40.3 Å². The number of para-hydroxylation sites is 1. The number of rotatable bonds is 5. The molecule has 7 nitrogen and oxygen atoms in total. The van der Waals surface area contributed by atoms with E-state index in [-0.39, 0.29) is 11.6 Å². The highest BCUT2D eigenvalue weighted by Crippen LogP contribution is 2.34. The Hall–Kier alpha value is -3.65. The zero-order valence-corrected chi connectivity index (χ0v) is 17.7. The summed E-state index contributed by atoms with van der Waals surface area (Å²) in [6, 6.07) is 16.1. The van der Waals surface area contributed by atoms with Crippen LogP contribution in [-0.2, 0) is 11.2 Å². The first-order chi connectivity index (χ1) is 14.9. The Morgan fingerprint density at radius 1 is 1.19 bits per heavy atom. The molecule has 1 fully saturated rings. The molecule has 3 aromatic rings. The lowest BCUT2D eigenvalue weighted by molar-refractivity contribution is -0.384. The predicted octanol–water partition coefficient (Wildman–Crippen LogP) is 5.62. The Morgan fingerprint density at radius 3 is 2.77 bits per heavy atom. The van der Waals surface area contributed by atoms with Crippen molar-refractivity contribution in [3.63, 3.8) is 0 Å². The number of aliphatic imine (C=N–C) groups is 1. The molecule has 0 bridgehead atoms. The lowest BCUT2D eigenvalue weighted by atomic mass is 10.1. The maximum Gasteiger partial charge on any atom is 0.280 e. The number of carbonyl (C=O) groups is 1. The van der Waals surface area contributed by atoms with Crippen molar-refractivity contribution in [3.05, 3.63) is 86.5 Å². The predicted molar refractivity (Wildman–Crippen MR) is 122 cm³/mol. The first-order valence-electron chi connectivity index (χ1n) is 9.67. The lowest BCUT2D eigenvalue weighted by Crippen LogP contribution is -2.19. The molecule has 1 aliphatic heterocycles. The lowest BCUT2D eigenvalue weighted by Gasteiger charge is -2.02. The normalized spacial score (nSPS) is 16.1. The van der Waals surface area contributed by atoms with Gasteiger partial charge in [0.15, 0.2) is 5.17 Å². The Labute approximate surface area is 183 Å². The first kappa shape index (κ1) is 20.6. The fourth-order valence-corrected chi connectivity index (χ4v) is 4.03. The van der Waals surface area contributed by atoms with Gasteiger partial charge in [-0.25, -0.2) is 4.99 Å². The second kappa shape index (κ2) is 8.61. The van der Waals surface area contributed by atoms with Crippen molar-refractivity contribution in [3.8, 4) is 11.3 Å². The van der Waals surface area contributed by atoms with E-state index in [0.717, 1.165) is 23.2 Å². The maximum atomic E-state index is 12.4. The van der Waals surface area contributed by atoms with Gasteiger partial charge in [-0.2, -0.15) is 0 Å². The van der Waals surface area contributed by atoms with Crippen LogP contribution >= 0.6 is 11.8 Å². The summed E-state index contributed by atoms with van der Waals surface area (Å²) in [7, 11) is 0. The molecule has 1 aromatic heterocycles. The molecule has 0 saturated carbocycles. The van der Waals surface area contributed by atoms with Crippen LogP contribution < -0.4 is 5.32 Å². The van der Waals surface area contributed by atoms with Crippen LogP contribution in [0.25, 0.3) is 17.4 Å². The van der Waals surface area contributed by atoms with Crippen LogP contribution in [-0.4, -0.2) is 16.0 Å². The van der Waals surface area contributed by atoms with Gasteiger partial charge >= 0.3 is 0 Å². The summed E-state index contributed by atoms with van der Waals surface area (Å²) >= 11 is 1.22. The van der Waals surface area contributed by atoms with Crippen LogP contribution in [0.15, 0.2) is 68.9 Å². The van der Waals surface area contributed by atoms with Crippen LogP contribution in [0.2, 0.25) is 0 Å². The smallest absolute Gasteiger partial charge is 0.280 e. The number of hydrogen-bond acceptors (Lipinski definition) is 6. The van der Waals surface area contributed by atoms with Crippen LogP contribution in [0.1, 0.15) is 23.8 Å². The molecule has 2 aromatic carbocycles. The van der Waals surface area contributed by atoms with E-state index in [0.29, 0.717) is 27.2 Å². The summed E-state index contributed by atoms with van der Waals surface area (Å²) in [5, 5.41) is 14.7. The monoisotopic (exact) mass is 433 g/mol. The molecule has 0 aliphatic carbocycles. The number of carbonyl (C=O) groups excluding carboxylic acids is 1. The summed E-state index contributed by atoms with van der Waals surface area (Å²) in [4.78, 5) is 28.3. The summed E-state index contributed by atoms with van der Waals surface area (Å²) in [6.07, 6.45) is 2.45. The summed E-state index contributed by atoms with van der Waals surface area (Å²) < 4.78 is 5.79. The van der Waals surface area contributed by atoms with E-state index in [1.54, 1.807) is 37.3 Å². The maximum absolute atomic E-state index is 12.4. The molecule has 1 aliphatic rings. The minimum Gasteiger partial charge on any atom is -0.456 e. The molecule has 4 rings (SSSR count). The van der Waals surface area contributed by atoms with Gasteiger partial charge in [0.2, 0.25) is 0 Å². The highest BCUT2D eigenvalue weighted by atomic mass is 32.2. The molecule has 8 heteroatoms. The number of hydrogen-bond donors (Lipinski definition) is 1. The van der Waals surface area contributed by atoms with Gasteiger partial charge in [-0.3, -0.25) is 14.9 Å². The van der Waals surface area contributed by atoms with Crippen molar-refractivity contribution in [2.45, 2.75) is 20.3 Å². The second-order valence-corrected chi connectivity index (χ2v) is 7.97. The number of amides is 1. The average Bonchev–Trinajstić information content (AvgIpc) is 3.35. The molecule has 0 spiro atoms. The van der Waals surface area contributed by atoms with Gasteiger partial charge < -0.3 is 9.73 Å². The minimum absolute atomic E-state index is 0.0226. The third-order valence-electron chi connectivity index (χ3n) is 4.76. The van der Waals surface area contributed by atoms with Crippen LogP contribution in [0.5, 0.6) is 0 Å². The van der Waals surface area contributed by atoms with Gasteiger partial charge in [-0.05, 0) is 60.5 Å². The van der Waals surface area contributed by atoms with E-state index in [9.17, 15) is 14.9 Å². The highest BCUT2D eigenvalue weighted by Gasteiger charge is 2.25. The molecule has 2 heterocycles. The van der Waals surface area contributed by atoms with Gasteiger partial charge in [0.1, 0.15) is 11.5 Å². The van der Waals surface area contributed by atoms with Gasteiger partial charge in [-0.1, -0.05) is 31.2 Å². The highest BCUT2D eigenvalue weighted by molar-refractivity contribution is 8.18. The molecule has 0 unspecified atom stereocenters. The first-order valence-corrected chi connectivity index (χ1v) is 10.5. The topological polar surface area (TPSA) is 97.7 Å². The van der Waals surface area contributed by atoms with Crippen LogP contribution in [0.3, 0.4) is 0 Å². The molecule has 31 heavy (non-hydrogen) atoms. The molecular weight excluding hydrogens is 414 g/mol. The number of nitro groups is 1. The van der Waals surface area contributed by atoms with Crippen molar-refractivity contribution in [2.75, 3.05) is 0 Å². The molecule has 156 valence electrons. The van der Waals surface area contributed by atoms with Crippen molar-refractivity contribution in [2.24, 2.45) is 4.99 Å². The average molecular weight is 433 g/mol. The fourth-order valence-electron chi connectivity index (χ4n) is 3.21. The number of thioether (sulfide) groups is 1. The van der Waals surface area contributed by atoms with E-state index in [1.165, 1.54) is 17.8 Å². The number of nitrogens with zero attached hydrogens (tertiary/aromatic N) is 2. The number of nitro benzene ring substituents is 1. The number of nitrogens with one attached hydrogen (secondary N) is 1. The van der Waals surface area contributed by atoms with Gasteiger partial charge in [0, 0.05) is 12.1 Å². The van der Waals surface area contributed by atoms with Gasteiger partial charge in [0.05, 0.1) is 21.1 Å². The Balaban J connectivity index is 1.60. The quantitative estimate of drug-likeness (QED) is 0.320. The van der Waals surface area contributed by atoms with Crippen molar-refractivity contribution in [1.82, 2.24) is 5.32 Å². The largest absolute Gasteiger partial charge is 0.456 e. The van der Waals surface area contributed by atoms with Crippen LogP contribution in [0, 0.1) is 17.0 Å². The molecule has 0 radical (unpaired) electrons. The number of amidine groups is 1. The molecule has 1 N–H and O–H groups in total. The Kier molecular flexibility index (Phi) is 5.73. The summed E-state index contributed by atoms with van der Waals surface area (Å²) in [5.41, 5.74) is 3.08. The number of benzene rings is 2. The van der Waals surface area contributed by atoms with Crippen LogP contribution in [0.4, 0.5) is 11.4 Å². The Morgan fingerprint density at radius 2 is 2.00 bits per heavy atom. The van der Waals surface area contributed by atoms with E-state index in [2.05, 4.69) is 17.2 Å². The zero-order valence-electron chi connectivity index (χ0n) is 16.9. The Bertz CT molecular complexity index is 1240. The molecule has 1 saturated heterocycles. The zero-order chi connectivity index (χ0) is 22.0. The van der Waals surface area contributed by atoms with E-state index >= 15 is 0 Å². The van der Waals surface area contributed by atoms with Crippen molar-refractivity contribution in [1.29, 1.82) is 0 Å².